The summed E-state index contributed by atoms with van der Waals surface area (Å²) in [7, 11) is 0. The zero-order valence-corrected chi connectivity index (χ0v) is 29.8. The van der Waals surface area contributed by atoms with Crippen molar-refractivity contribution < 1.29 is 0 Å². The molecule has 55 heavy (non-hydrogen) atoms. The van der Waals surface area contributed by atoms with E-state index in [0.717, 1.165) is 33.4 Å². The van der Waals surface area contributed by atoms with Crippen molar-refractivity contribution in [2.75, 3.05) is 0 Å². The molecule has 0 saturated carbocycles. The summed E-state index contributed by atoms with van der Waals surface area (Å²) < 4.78 is 0. The van der Waals surface area contributed by atoms with E-state index in [0.29, 0.717) is 17.5 Å². The summed E-state index contributed by atoms with van der Waals surface area (Å²) in [6, 6.07) is 65.1. The molecule has 0 unspecified atom stereocenters. The molecule has 2 aliphatic carbocycles. The van der Waals surface area contributed by atoms with Crippen molar-refractivity contribution in [3.8, 4) is 78.7 Å². The van der Waals surface area contributed by atoms with Crippen molar-refractivity contribution in [3.63, 3.8) is 0 Å². The molecule has 2 heterocycles. The van der Waals surface area contributed by atoms with Crippen LogP contribution in [-0.4, -0.2) is 19.9 Å². The first-order chi connectivity index (χ1) is 27.3. The average molecular weight is 701 g/mol. The normalized spacial score (nSPS) is 12.9. The smallest absolute Gasteiger partial charge is 0.164 e. The van der Waals surface area contributed by atoms with Crippen molar-refractivity contribution >= 4 is 0 Å². The topological polar surface area (TPSA) is 51.6 Å². The zero-order chi connectivity index (χ0) is 36.3. The number of aromatic nitrogens is 4. The molecule has 0 bridgehead atoms. The molecular weight excluding hydrogens is 669 g/mol. The third-order valence-electron chi connectivity index (χ3n) is 11.3. The maximum Gasteiger partial charge on any atom is 0.164 e. The van der Waals surface area contributed by atoms with Crippen LogP contribution in [0.4, 0.5) is 0 Å². The quantitative estimate of drug-likeness (QED) is 0.179. The highest BCUT2D eigenvalue weighted by molar-refractivity contribution is 5.96. The van der Waals surface area contributed by atoms with Crippen LogP contribution in [0.1, 0.15) is 22.3 Å². The Morgan fingerprint density at radius 1 is 0.273 bits per heavy atom. The number of fused-ring (bicyclic) bond motifs is 10. The Morgan fingerprint density at radius 3 is 1.33 bits per heavy atom. The van der Waals surface area contributed by atoms with Crippen molar-refractivity contribution in [3.05, 3.63) is 217 Å². The second-order valence-electron chi connectivity index (χ2n) is 14.2. The summed E-state index contributed by atoms with van der Waals surface area (Å²) in [6.07, 6.45) is 3.54. The summed E-state index contributed by atoms with van der Waals surface area (Å²) in [5.41, 5.74) is 17.5. The van der Waals surface area contributed by atoms with E-state index in [4.69, 9.17) is 15.0 Å². The van der Waals surface area contributed by atoms with Crippen LogP contribution in [0.2, 0.25) is 0 Å². The summed E-state index contributed by atoms with van der Waals surface area (Å²) in [6.45, 7) is 0. The maximum absolute atomic E-state index is 5.08. The number of benzene rings is 7. The van der Waals surface area contributed by atoms with Gasteiger partial charge in [0.05, 0.1) is 5.41 Å². The number of nitrogens with zero attached hydrogens (tertiary/aromatic N) is 4. The molecule has 7 aromatic carbocycles. The molecule has 256 valence electrons. The van der Waals surface area contributed by atoms with E-state index in [2.05, 4.69) is 169 Å². The van der Waals surface area contributed by atoms with E-state index >= 15 is 0 Å². The molecule has 0 saturated heterocycles. The van der Waals surface area contributed by atoms with Gasteiger partial charge in [-0.3, -0.25) is 4.98 Å². The molecule has 0 N–H and O–H groups in total. The molecule has 4 heteroatoms. The second kappa shape index (κ2) is 12.4. The summed E-state index contributed by atoms with van der Waals surface area (Å²) in [5, 5.41) is 0. The second-order valence-corrected chi connectivity index (χ2v) is 14.2. The van der Waals surface area contributed by atoms with Crippen LogP contribution in [0, 0.1) is 0 Å². The highest BCUT2D eigenvalue weighted by Crippen LogP contribution is 2.62. The standard InChI is InChI=1S/C51H32N4/c1-2-11-33(12-3-1)34-21-23-35(24-22-34)48-53-49(36-27-29-52-30-28-36)55-50(54-48)39-14-10-13-37(31-39)38-25-26-47-43(32-38)42-17-6-9-20-46(42)51(47)44-18-7-4-15-40(44)41-16-5-8-19-45(41)51/h1-32H. The Kier molecular flexibility index (Phi) is 7.04. The Bertz CT molecular complexity index is 2870. The van der Waals surface area contributed by atoms with Gasteiger partial charge in [0, 0.05) is 29.1 Å². The lowest BCUT2D eigenvalue weighted by atomic mass is 9.70. The summed E-state index contributed by atoms with van der Waals surface area (Å²) >= 11 is 0. The van der Waals surface area contributed by atoms with Gasteiger partial charge in [0.2, 0.25) is 0 Å². The van der Waals surface area contributed by atoms with Crippen LogP contribution in [0.15, 0.2) is 194 Å². The molecule has 0 aliphatic heterocycles. The van der Waals surface area contributed by atoms with Crippen LogP contribution in [0.5, 0.6) is 0 Å². The largest absolute Gasteiger partial charge is 0.265 e. The van der Waals surface area contributed by atoms with Gasteiger partial charge in [-0.25, -0.2) is 15.0 Å². The Hall–Kier alpha value is -7.30. The third kappa shape index (κ3) is 4.85. The lowest BCUT2D eigenvalue weighted by Crippen LogP contribution is -2.25. The van der Waals surface area contributed by atoms with E-state index in [9.17, 15) is 0 Å². The van der Waals surface area contributed by atoms with Crippen molar-refractivity contribution in [1.29, 1.82) is 0 Å². The molecular formula is C51H32N4. The molecule has 11 rings (SSSR count). The monoisotopic (exact) mass is 700 g/mol. The third-order valence-corrected chi connectivity index (χ3v) is 11.3. The maximum atomic E-state index is 5.08. The van der Waals surface area contributed by atoms with Gasteiger partial charge in [-0.2, -0.15) is 0 Å². The van der Waals surface area contributed by atoms with Gasteiger partial charge >= 0.3 is 0 Å². The van der Waals surface area contributed by atoms with Crippen LogP contribution in [0.25, 0.3) is 78.7 Å². The van der Waals surface area contributed by atoms with Gasteiger partial charge in [0.15, 0.2) is 17.5 Å². The van der Waals surface area contributed by atoms with Gasteiger partial charge in [-0.15, -0.1) is 0 Å². The molecule has 0 radical (unpaired) electrons. The summed E-state index contributed by atoms with van der Waals surface area (Å²) in [4.78, 5) is 19.3. The predicted octanol–water partition coefficient (Wildman–Crippen LogP) is 11.9. The fourth-order valence-electron chi connectivity index (χ4n) is 8.82. The van der Waals surface area contributed by atoms with Crippen molar-refractivity contribution in [2.45, 2.75) is 5.41 Å². The van der Waals surface area contributed by atoms with E-state index in [-0.39, 0.29) is 5.41 Å². The van der Waals surface area contributed by atoms with Crippen LogP contribution in [0.3, 0.4) is 0 Å². The molecule has 0 atom stereocenters. The lowest BCUT2D eigenvalue weighted by molar-refractivity contribution is 0.794. The predicted molar refractivity (Wildman–Crippen MR) is 221 cm³/mol. The van der Waals surface area contributed by atoms with E-state index < -0.39 is 0 Å². The lowest BCUT2D eigenvalue weighted by Gasteiger charge is -2.30. The van der Waals surface area contributed by atoms with Gasteiger partial charge < -0.3 is 0 Å². The van der Waals surface area contributed by atoms with Crippen molar-refractivity contribution in [1.82, 2.24) is 19.9 Å². The van der Waals surface area contributed by atoms with Gasteiger partial charge in [0.25, 0.3) is 0 Å². The fourth-order valence-corrected chi connectivity index (χ4v) is 8.82. The van der Waals surface area contributed by atoms with Gasteiger partial charge in [0.1, 0.15) is 0 Å². The molecule has 0 fully saturated rings. The molecule has 2 aliphatic rings. The molecule has 1 spiro atoms. The molecule has 4 nitrogen and oxygen atoms in total. The summed E-state index contributed by atoms with van der Waals surface area (Å²) in [5.74, 6) is 1.85. The van der Waals surface area contributed by atoms with Crippen LogP contribution < -0.4 is 0 Å². The first-order valence-corrected chi connectivity index (χ1v) is 18.6. The van der Waals surface area contributed by atoms with E-state index in [1.165, 1.54) is 50.1 Å². The Morgan fingerprint density at radius 2 is 0.691 bits per heavy atom. The molecule has 0 amide bonds. The van der Waals surface area contributed by atoms with Gasteiger partial charge in [-0.1, -0.05) is 158 Å². The number of hydrogen-bond acceptors (Lipinski definition) is 4. The Labute approximate surface area is 319 Å². The first kappa shape index (κ1) is 31.2. The minimum atomic E-state index is -0.358. The Balaban J connectivity index is 1.03. The number of rotatable bonds is 5. The van der Waals surface area contributed by atoms with Crippen LogP contribution >= 0.6 is 0 Å². The van der Waals surface area contributed by atoms with Gasteiger partial charge in [-0.05, 0) is 91.0 Å². The average Bonchev–Trinajstić information content (AvgIpc) is 3.74. The highest BCUT2D eigenvalue weighted by atomic mass is 15.0. The van der Waals surface area contributed by atoms with Crippen molar-refractivity contribution in [2.24, 2.45) is 0 Å². The fraction of sp³-hybridized carbons (Fsp3) is 0.0196. The van der Waals surface area contributed by atoms with E-state index in [1.54, 1.807) is 12.4 Å². The highest BCUT2D eigenvalue weighted by Gasteiger charge is 2.51. The SMILES string of the molecule is c1ccc(-c2ccc(-c3nc(-c4ccncc4)nc(-c4cccc(-c5ccc6c(c5)-c5ccccc5C65c6ccccc6-c6ccccc65)c4)n3)cc2)cc1. The molecule has 9 aromatic rings. The van der Waals surface area contributed by atoms with E-state index in [1.807, 2.05) is 18.2 Å². The molecule has 2 aromatic heterocycles. The minimum Gasteiger partial charge on any atom is -0.265 e. The number of pyridine rings is 1. The van der Waals surface area contributed by atoms with Crippen LogP contribution in [-0.2, 0) is 5.41 Å². The minimum absolute atomic E-state index is 0.358. The first-order valence-electron chi connectivity index (χ1n) is 18.6. The zero-order valence-electron chi connectivity index (χ0n) is 29.8. The number of hydrogen-bond donors (Lipinski definition) is 0.